The largest absolute Gasteiger partial charge is 0.467 e. The van der Waals surface area contributed by atoms with E-state index in [4.69, 9.17) is 4.74 Å². The molecule has 1 atom stereocenters. The number of rotatable bonds is 6. The van der Waals surface area contributed by atoms with Crippen LogP contribution in [0.5, 0.6) is 0 Å². The summed E-state index contributed by atoms with van der Waals surface area (Å²) >= 11 is 0. The Bertz CT molecular complexity index is 374. The van der Waals surface area contributed by atoms with E-state index in [0.717, 1.165) is 0 Å². The summed E-state index contributed by atoms with van der Waals surface area (Å²) in [4.78, 5) is 34.7. The molecule has 0 rings (SSSR count). The third-order valence-electron chi connectivity index (χ3n) is 2.32. The van der Waals surface area contributed by atoms with Gasteiger partial charge in [-0.15, -0.1) is 0 Å². The van der Waals surface area contributed by atoms with Gasteiger partial charge in [-0.1, -0.05) is 13.8 Å². The standard InChI is InChI=1S/C14H26N2O5/c1-9(2)7-10(12(18)20-6)16-11(17)8-15-13(19)21-14(3,4)5/h9-10H,7-8H2,1-6H3,(H,15,19)(H,16,17). The van der Waals surface area contributed by atoms with Crippen molar-refractivity contribution in [1.29, 1.82) is 0 Å². The lowest BCUT2D eigenvalue weighted by molar-refractivity contribution is -0.145. The molecule has 0 aromatic rings. The van der Waals surface area contributed by atoms with Crippen LogP contribution in [-0.2, 0) is 19.1 Å². The number of methoxy groups -OCH3 is 1. The van der Waals surface area contributed by atoms with Gasteiger partial charge < -0.3 is 20.1 Å². The van der Waals surface area contributed by atoms with E-state index in [-0.39, 0.29) is 12.5 Å². The van der Waals surface area contributed by atoms with E-state index in [2.05, 4.69) is 15.4 Å². The quantitative estimate of drug-likeness (QED) is 0.719. The molecular weight excluding hydrogens is 276 g/mol. The number of hydrogen-bond donors (Lipinski definition) is 2. The Kier molecular flexibility index (Phi) is 7.76. The van der Waals surface area contributed by atoms with Crippen molar-refractivity contribution in [2.24, 2.45) is 5.92 Å². The summed E-state index contributed by atoms with van der Waals surface area (Å²) in [6.45, 7) is 8.77. The fraction of sp³-hybridized carbons (Fsp3) is 0.786. The van der Waals surface area contributed by atoms with E-state index < -0.39 is 29.6 Å². The molecule has 21 heavy (non-hydrogen) atoms. The molecule has 7 heteroatoms. The van der Waals surface area contributed by atoms with Gasteiger partial charge in [-0.05, 0) is 33.1 Å². The fourth-order valence-electron chi connectivity index (χ4n) is 1.54. The highest BCUT2D eigenvalue weighted by Crippen LogP contribution is 2.07. The van der Waals surface area contributed by atoms with Crippen molar-refractivity contribution < 1.29 is 23.9 Å². The lowest BCUT2D eigenvalue weighted by atomic mass is 10.0. The Balaban J connectivity index is 4.32. The van der Waals surface area contributed by atoms with Crippen molar-refractivity contribution in [2.45, 2.75) is 52.7 Å². The summed E-state index contributed by atoms with van der Waals surface area (Å²) in [5.41, 5.74) is -0.632. The van der Waals surface area contributed by atoms with Crippen LogP contribution in [0, 0.1) is 5.92 Å². The van der Waals surface area contributed by atoms with Gasteiger partial charge in [0.2, 0.25) is 5.91 Å². The van der Waals surface area contributed by atoms with Crippen molar-refractivity contribution >= 4 is 18.0 Å². The number of ether oxygens (including phenoxy) is 2. The Morgan fingerprint density at radius 1 is 1.14 bits per heavy atom. The van der Waals surface area contributed by atoms with Crippen molar-refractivity contribution in [3.05, 3.63) is 0 Å². The third-order valence-corrected chi connectivity index (χ3v) is 2.32. The van der Waals surface area contributed by atoms with E-state index >= 15 is 0 Å². The number of nitrogens with one attached hydrogen (secondary N) is 2. The Morgan fingerprint density at radius 3 is 2.14 bits per heavy atom. The second kappa shape index (κ2) is 8.49. The highest BCUT2D eigenvalue weighted by molar-refractivity contribution is 5.87. The van der Waals surface area contributed by atoms with E-state index in [1.807, 2.05) is 13.8 Å². The molecule has 2 amide bonds. The Morgan fingerprint density at radius 2 is 1.71 bits per heavy atom. The average Bonchev–Trinajstić information content (AvgIpc) is 2.32. The highest BCUT2D eigenvalue weighted by atomic mass is 16.6. The minimum Gasteiger partial charge on any atom is -0.467 e. The minimum atomic E-state index is -0.720. The first-order valence-electron chi connectivity index (χ1n) is 6.89. The van der Waals surface area contributed by atoms with Crippen molar-refractivity contribution in [3.8, 4) is 0 Å². The van der Waals surface area contributed by atoms with Crippen molar-refractivity contribution in [3.63, 3.8) is 0 Å². The molecule has 0 bridgehead atoms. The van der Waals surface area contributed by atoms with Gasteiger partial charge in [-0.25, -0.2) is 9.59 Å². The SMILES string of the molecule is COC(=O)C(CC(C)C)NC(=O)CNC(=O)OC(C)(C)C. The molecule has 1 unspecified atom stereocenters. The summed E-state index contributed by atoms with van der Waals surface area (Å²) in [5.74, 6) is -0.764. The molecule has 2 N–H and O–H groups in total. The van der Waals surface area contributed by atoms with Crippen molar-refractivity contribution in [2.75, 3.05) is 13.7 Å². The maximum absolute atomic E-state index is 11.7. The zero-order chi connectivity index (χ0) is 16.6. The van der Waals surface area contributed by atoms with E-state index in [0.29, 0.717) is 6.42 Å². The minimum absolute atomic E-state index is 0.216. The molecular formula is C14H26N2O5. The predicted octanol–water partition coefficient (Wildman–Crippen LogP) is 1.21. The van der Waals surface area contributed by atoms with Crippen LogP contribution in [0.4, 0.5) is 4.79 Å². The smallest absolute Gasteiger partial charge is 0.408 e. The topological polar surface area (TPSA) is 93.7 Å². The van der Waals surface area contributed by atoms with Gasteiger partial charge in [0.05, 0.1) is 7.11 Å². The molecule has 0 fully saturated rings. The number of carbonyl (C=O) groups is 3. The number of hydrogen-bond acceptors (Lipinski definition) is 5. The van der Waals surface area contributed by atoms with E-state index in [1.165, 1.54) is 7.11 Å². The van der Waals surface area contributed by atoms with Crippen LogP contribution in [0.15, 0.2) is 0 Å². The van der Waals surface area contributed by atoms with E-state index in [1.54, 1.807) is 20.8 Å². The predicted molar refractivity (Wildman–Crippen MR) is 77.6 cm³/mol. The number of carbonyl (C=O) groups excluding carboxylic acids is 3. The molecule has 0 heterocycles. The maximum Gasteiger partial charge on any atom is 0.408 e. The monoisotopic (exact) mass is 302 g/mol. The first-order valence-corrected chi connectivity index (χ1v) is 6.89. The van der Waals surface area contributed by atoms with E-state index in [9.17, 15) is 14.4 Å². The van der Waals surface area contributed by atoms with Gasteiger partial charge in [-0.3, -0.25) is 4.79 Å². The Labute approximate surface area is 125 Å². The zero-order valence-corrected chi connectivity index (χ0v) is 13.6. The summed E-state index contributed by atoms with van der Waals surface area (Å²) in [6, 6.07) is -0.720. The molecule has 7 nitrogen and oxygen atoms in total. The molecule has 0 saturated carbocycles. The molecule has 0 saturated heterocycles. The van der Waals surface area contributed by atoms with Crippen LogP contribution in [0.2, 0.25) is 0 Å². The molecule has 122 valence electrons. The second-order valence-electron chi connectivity index (χ2n) is 6.13. The second-order valence-corrected chi connectivity index (χ2v) is 6.13. The zero-order valence-electron chi connectivity index (χ0n) is 13.6. The summed E-state index contributed by atoms with van der Waals surface area (Å²) < 4.78 is 9.64. The summed E-state index contributed by atoms with van der Waals surface area (Å²) in [5, 5.41) is 4.86. The molecule has 0 aromatic heterocycles. The number of alkyl carbamates (subject to hydrolysis) is 1. The lowest BCUT2D eigenvalue weighted by Gasteiger charge is -2.20. The van der Waals surface area contributed by atoms with Crippen LogP contribution >= 0.6 is 0 Å². The Hall–Kier alpha value is -1.79. The van der Waals surface area contributed by atoms with Crippen LogP contribution in [-0.4, -0.2) is 43.3 Å². The molecule has 0 aromatic carbocycles. The normalized spacial score (nSPS) is 12.5. The average molecular weight is 302 g/mol. The fourth-order valence-corrected chi connectivity index (χ4v) is 1.54. The van der Waals surface area contributed by atoms with Gasteiger partial charge in [0.25, 0.3) is 0 Å². The van der Waals surface area contributed by atoms with Gasteiger partial charge >= 0.3 is 12.1 Å². The van der Waals surface area contributed by atoms with Gasteiger partial charge in [0.15, 0.2) is 0 Å². The van der Waals surface area contributed by atoms with Crippen LogP contribution < -0.4 is 10.6 Å². The van der Waals surface area contributed by atoms with Crippen molar-refractivity contribution in [1.82, 2.24) is 10.6 Å². The summed E-state index contributed by atoms with van der Waals surface area (Å²) in [7, 11) is 1.26. The highest BCUT2D eigenvalue weighted by Gasteiger charge is 2.23. The molecule has 0 radical (unpaired) electrons. The lowest BCUT2D eigenvalue weighted by Crippen LogP contribution is -2.47. The van der Waals surface area contributed by atoms with Gasteiger partial charge in [-0.2, -0.15) is 0 Å². The molecule has 0 aliphatic rings. The van der Waals surface area contributed by atoms with Gasteiger partial charge in [0.1, 0.15) is 18.2 Å². The molecule has 0 aliphatic carbocycles. The van der Waals surface area contributed by atoms with Crippen LogP contribution in [0.3, 0.4) is 0 Å². The van der Waals surface area contributed by atoms with Crippen LogP contribution in [0.25, 0.3) is 0 Å². The number of amides is 2. The first-order chi connectivity index (χ1) is 9.55. The maximum atomic E-state index is 11.7. The first kappa shape index (κ1) is 19.2. The molecule has 0 aliphatic heterocycles. The van der Waals surface area contributed by atoms with Crippen LogP contribution in [0.1, 0.15) is 41.0 Å². The third kappa shape index (κ3) is 9.70. The van der Waals surface area contributed by atoms with Gasteiger partial charge in [0, 0.05) is 0 Å². The summed E-state index contributed by atoms with van der Waals surface area (Å²) in [6.07, 6.45) is -0.221. The number of esters is 1. The molecule has 0 spiro atoms.